The van der Waals surface area contributed by atoms with E-state index in [1.54, 1.807) is 0 Å². The zero-order valence-corrected chi connectivity index (χ0v) is 28.2. The second kappa shape index (κ2) is 15.3. The Labute approximate surface area is 245 Å². The van der Waals surface area contributed by atoms with Crippen LogP contribution in [0.1, 0.15) is 149 Å². The van der Waals surface area contributed by atoms with Gasteiger partial charge in [-0.15, -0.1) is 0 Å². The molecule has 4 rings (SSSR count). The van der Waals surface area contributed by atoms with E-state index in [0.717, 1.165) is 35.8 Å². The molecule has 4 fully saturated rings. The van der Waals surface area contributed by atoms with Crippen molar-refractivity contribution in [2.45, 2.75) is 190 Å². The Hall–Kier alpha value is -0.273. The predicted octanol–water partition coefficient (Wildman–Crippen LogP) is 11.8. The molecule has 224 valence electrons. The van der Waals surface area contributed by atoms with Crippen LogP contribution in [0.3, 0.4) is 0 Å². The zero-order valence-electron chi connectivity index (χ0n) is 26.3. The average molecular weight is 576 g/mol. The van der Waals surface area contributed by atoms with E-state index in [1.165, 1.54) is 140 Å². The number of allylic oxidation sites excluding steroid dienone is 1. The number of hydrogen-bond donors (Lipinski definition) is 0. The second-order valence-corrected chi connectivity index (χ2v) is 23.1. The number of ether oxygens (including phenoxy) is 1. The van der Waals surface area contributed by atoms with Gasteiger partial charge >= 0.3 is 0 Å². The molecule has 0 unspecified atom stereocenters. The summed E-state index contributed by atoms with van der Waals surface area (Å²) in [5.74, 6) is 0.945. The van der Waals surface area contributed by atoms with E-state index in [0.29, 0.717) is 0 Å². The molecule has 0 saturated heterocycles. The van der Waals surface area contributed by atoms with Crippen LogP contribution in [0.15, 0.2) is 24.7 Å². The van der Waals surface area contributed by atoms with Gasteiger partial charge in [-0.05, 0) is 127 Å². The van der Waals surface area contributed by atoms with Gasteiger partial charge in [-0.1, -0.05) is 53.0 Å². The van der Waals surface area contributed by atoms with Crippen LogP contribution in [0.25, 0.3) is 0 Å². The molecule has 2 nitrogen and oxygen atoms in total. The number of rotatable bonds is 13. The highest BCUT2D eigenvalue weighted by Crippen LogP contribution is 2.77. The summed E-state index contributed by atoms with van der Waals surface area (Å²) < 4.78 is 14.3. The van der Waals surface area contributed by atoms with Crippen molar-refractivity contribution in [3.05, 3.63) is 24.7 Å². The lowest BCUT2D eigenvalue weighted by Crippen LogP contribution is -2.40. The van der Waals surface area contributed by atoms with Gasteiger partial charge in [-0.2, -0.15) is 0 Å². The highest BCUT2D eigenvalue weighted by molar-refractivity contribution is 7.78. The summed E-state index contributed by atoms with van der Waals surface area (Å²) in [5.41, 5.74) is 2.79. The molecule has 4 aliphatic rings. The summed E-state index contributed by atoms with van der Waals surface area (Å²) in [7, 11) is -3.04. The van der Waals surface area contributed by atoms with Crippen LogP contribution >= 0.6 is 7.26 Å². The Bertz CT molecular complexity index is 697. The van der Waals surface area contributed by atoms with E-state index < -0.39 is 15.6 Å². The fraction of sp³-hybridized carbons (Fsp3) is 0.886. The molecule has 0 aromatic heterocycles. The van der Waals surface area contributed by atoms with Gasteiger partial charge < -0.3 is 9.16 Å². The van der Waals surface area contributed by atoms with Gasteiger partial charge in [0.1, 0.15) is 5.60 Å². The second-order valence-electron chi connectivity index (χ2n) is 13.9. The highest BCUT2D eigenvalue weighted by Gasteiger charge is 2.56. The van der Waals surface area contributed by atoms with Crippen LogP contribution in [-0.4, -0.2) is 37.1 Å². The van der Waals surface area contributed by atoms with E-state index in [2.05, 4.69) is 39.5 Å². The van der Waals surface area contributed by atoms with E-state index in [1.807, 2.05) is 0 Å². The summed E-state index contributed by atoms with van der Waals surface area (Å²) in [6.07, 6.45) is 34.4. The van der Waals surface area contributed by atoms with E-state index >= 15 is 0 Å². The Morgan fingerprint density at radius 3 is 1.49 bits per heavy atom. The molecule has 0 radical (unpaired) electrons. The minimum Gasteiger partial charge on any atom is -0.519 e. The van der Waals surface area contributed by atoms with Gasteiger partial charge in [-0.25, -0.2) is 0 Å². The van der Waals surface area contributed by atoms with Crippen molar-refractivity contribution in [2.75, 3.05) is 6.16 Å². The van der Waals surface area contributed by atoms with Crippen LogP contribution in [0, 0.1) is 0 Å². The molecule has 0 aromatic rings. The molecular formula is C35H64O2PSi+. The summed E-state index contributed by atoms with van der Waals surface area (Å²) in [5, 5.41) is 0. The Balaban J connectivity index is 1.74. The maximum absolute atomic E-state index is 7.22. The molecule has 0 atom stereocenters. The fourth-order valence-corrected chi connectivity index (χ4v) is 18.9. The third kappa shape index (κ3) is 7.58. The molecule has 39 heavy (non-hydrogen) atoms. The predicted molar refractivity (Wildman–Crippen MR) is 176 cm³/mol. The molecular weight excluding hydrogens is 511 g/mol. The van der Waals surface area contributed by atoms with Gasteiger partial charge in [0.15, 0.2) is 0 Å². The highest BCUT2D eigenvalue weighted by atomic mass is 31.2. The summed E-state index contributed by atoms with van der Waals surface area (Å²) in [6.45, 7) is 11.4. The first-order chi connectivity index (χ1) is 19.1. The van der Waals surface area contributed by atoms with Gasteiger partial charge in [0, 0.05) is 13.3 Å². The summed E-state index contributed by atoms with van der Waals surface area (Å²) in [4.78, 5) is 0. The lowest BCUT2D eigenvalue weighted by Gasteiger charge is -2.48. The Morgan fingerprint density at radius 2 is 1.10 bits per heavy atom. The van der Waals surface area contributed by atoms with Crippen LogP contribution in [0.2, 0.25) is 18.1 Å². The van der Waals surface area contributed by atoms with Crippen molar-refractivity contribution in [3.63, 3.8) is 0 Å². The molecule has 4 heteroatoms. The minimum atomic E-state index is -1.84. The molecule has 0 heterocycles. The quantitative estimate of drug-likeness (QED) is 0.0941. The molecule has 0 bridgehead atoms. The summed E-state index contributed by atoms with van der Waals surface area (Å²) >= 11 is 0. The van der Waals surface area contributed by atoms with Crippen LogP contribution in [0.5, 0.6) is 0 Å². The van der Waals surface area contributed by atoms with E-state index in [4.69, 9.17) is 9.16 Å². The minimum absolute atomic E-state index is 0.221. The molecule has 4 saturated carbocycles. The maximum atomic E-state index is 7.22. The normalized spacial score (nSPS) is 24.8. The largest absolute Gasteiger partial charge is 0.519 e. The first kappa shape index (κ1) is 31.7. The topological polar surface area (TPSA) is 18.5 Å². The van der Waals surface area contributed by atoms with Gasteiger partial charge in [-0.3, -0.25) is 0 Å². The molecule has 0 N–H and O–H groups in total. The zero-order chi connectivity index (χ0) is 27.6. The third-order valence-electron chi connectivity index (χ3n) is 12.0. The lowest BCUT2D eigenvalue weighted by molar-refractivity contribution is -0.0363. The van der Waals surface area contributed by atoms with Gasteiger partial charge in [0.2, 0.25) is 0 Å². The molecule has 4 aliphatic carbocycles. The van der Waals surface area contributed by atoms with Crippen molar-refractivity contribution in [3.8, 4) is 0 Å². The van der Waals surface area contributed by atoms with Gasteiger partial charge in [0.25, 0.3) is 14.3 Å². The van der Waals surface area contributed by atoms with E-state index in [9.17, 15) is 0 Å². The van der Waals surface area contributed by atoms with Crippen LogP contribution in [-0.2, 0) is 9.16 Å². The molecule has 0 aromatic carbocycles. The first-order valence-electron chi connectivity index (χ1n) is 17.6. The van der Waals surface area contributed by atoms with Crippen molar-refractivity contribution < 1.29 is 9.16 Å². The Kier molecular flexibility index (Phi) is 12.4. The molecule has 0 aliphatic heterocycles. The first-order valence-corrected chi connectivity index (χ1v) is 22.4. The third-order valence-corrected chi connectivity index (χ3v) is 22.9. The van der Waals surface area contributed by atoms with Crippen molar-refractivity contribution >= 4 is 15.6 Å². The van der Waals surface area contributed by atoms with Crippen molar-refractivity contribution in [1.29, 1.82) is 0 Å². The fourth-order valence-electron chi connectivity index (χ4n) is 9.24. The van der Waals surface area contributed by atoms with Crippen LogP contribution < -0.4 is 0 Å². The van der Waals surface area contributed by atoms with Crippen molar-refractivity contribution in [1.82, 2.24) is 0 Å². The lowest BCUT2D eigenvalue weighted by atomic mass is 9.85. The Morgan fingerprint density at radius 1 is 0.692 bits per heavy atom. The summed E-state index contributed by atoms with van der Waals surface area (Å²) in [6, 6.07) is 3.53. The average Bonchev–Trinajstić information content (AvgIpc) is 3.02. The van der Waals surface area contributed by atoms with E-state index in [-0.39, 0.29) is 5.60 Å². The van der Waals surface area contributed by atoms with Gasteiger partial charge in [0.05, 0.1) is 23.1 Å². The SMILES string of the molecule is C=CC1(O/C(=C/C[P+](C2CCCCC2)(C2CCCCC2)C2CCCCC2)O[Si](CC)(CC)CC)CCCCC1. The molecule has 0 amide bonds. The smallest absolute Gasteiger partial charge is 0.265 e. The molecule has 0 spiro atoms. The van der Waals surface area contributed by atoms with Crippen molar-refractivity contribution in [2.24, 2.45) is 0 Å². The van der Waals surface area contributed by atoms with Crippen LogP contribution in [0.4, 0.5) is 0 Å². The number of hydrogen-bond acceptors (Lipinski definition) is 2. The monoisotopic (exact) mass is 575 g/mol. The standard InChI is InChI=1S/C35H64O2PSi/c1-5-35(28-19-12-20-29-35)36-34(37-39(6-2,7-3)8-4)27-30-38(31-21-13-9-14-22-31,32-23-15-10-16-24-32)33-25-17-11-18-26-33/h5,27,31-33H,1,6-26,28-30H2,2-4H3/q+1/b34-27-. The maximum Gasteiger partial charge on any atom is 0.265 e.